The summed E-state index contributed by atoms with van der Waals surface area (Å²) in [6.45, 7) is 12.9. The van der Waals surface area contributed by atoms with Crippen LogP contribution in [0.5, 0.6) is 0 Å². The predicted molar refractivity (Wildman–Crippen MR) is 115 cm³/mol. The van der Waals surface area contributed by atoms with Gasteiger partial charge in [0.05, 0.1) is 5.69 Å². The molecule has 0 saturated heterocycles. The summed E-state index contributed by atoms with van der Waals surface area (Å²) in [5.74, 6) is 0. The van der Waals surface area contributed by atoms with Gasteiger partial charge in [0.15, 0.2) is 0 Å². The SMILES string of the molecule is C=C(B(C)c1ccccc1N=C(C)/C=C\C)C(=CC)c1ccccc1. The second kappa shape index (κ2) is 9.03. The summed E-state index contributed by atoms with van der Waals surface area (Å²) < 4.78 is 0. The molecule has 2 heteroatoms. The van der Waals surface area contributed by atoms with Crippen LogP contribution in [0.4, 0.5) is 5.69 Å². The van der Waals surface area contributed by atoms with Gasteiger partial charge >= 0.3 is 0 Å². The zero-order valence-electron chi connectivity index (χ0n) is 15.7. The average Bonchev–Trinajstić information content (AvgIpc) is 2.63. The van der Waals surface area contributed by atoms with Crippen molar-refractivity contribution in [3.8, 4) is 0 Å². The van der Waals surface area contributed by atoms with Crippen LogP contribution in [0.3, 0.4) is 0 Å². The molecule has 1 nitrogen and oxygen atoms in total. The van der Waals surface area contributed by atoms with Gasteiger partial charge in [-0.2, -0.15) is 0 Å². The fourth-order valence-corrected chi connectivity index (χ4v) is 3.00. The third-order valence-corrected chi connectivity index (χ3v) is 4.35. The van der Waals surface area contributed by atoms with Gasteiger partial charge in [0.2, 0.25) is 6.71 Å². The molecule has 0 bridgehead atoms. The van der Waals surface area contributed by atoms with Crippen molar-refractivity contribution in [3.63, 3.8) is 0 Å². The first-order chi connectivity index (χ1) is 12.1. The van der Waals surface area contributed by atoms with Crippen molar-refractivity contribution in [3.05, 3.63) is 90.4 Å². The fourth-order valence-electron chi connectivity index (χ4n) is 3.00. The van der Waals surface area contributed by atoms with Crippen molar-refractivity contribution in [2.75, 3.05) is 0 Å². The number of nitrogens with zero attached hydrogens (tertiary/aromatic N) is 1. The highest BCUT2D eigenvalue weighted by Crippen LogP contribution is 2.25. The van der Waals surface area contributed by atoms with Crippen LogP contribution in [0.15, 0.2) is 89.9 Å². The van der Waals surface area contributed by atoms with Crippen molar-refractivity contribution in [1.82, 2.24) is 0 Å². The molecule has 0 N–H and O–H groups in total. The molecule has 0 amide bonds. The quantitative estimate of drug-likeness (QED) is 0.356. The van der Waals surface area contributed by atoms with Gasteiger partial charge in [0.25, 0.3) is 0 Å². The maximum absolute atomic E-state index is 4.78. The van der Waals surface area contributed by atoms with E-state index >= 15 is 0 Å². The minimum Gasteiger partial charge on any atom is -0.254 e. The lowest BCUT2D eigenvalue weighted by molar-refractivity contribution is 1.52. The number of aliphatic imine (C=N–C) groups is 1. The van der Waals surface area contributed by atoms with Crippen molar-refractivity contribution in [2.45, 2.75) is 27.6 Å². The molecule has 0 aliphatic carbocycles. The number of hydrogen-bond acceptors (Lipinski definition) is 1. The van der Waals surface area contributed by atoms with Crippen LogP contribution in [0.1, 0.15) is 26.3 Å². The number of allylic oxidation sites excluding steroid dienone is 5. The molecule has 0 saturated carbocycles. The molecule has 0 unspecified atom stereocenters. The molecule has 25 heavy (non-hydrogen) atoms. The van der Waals surface area contributed by atoms with Gasteiger partial charge in [0, 0.05) is 5.71 Å². The zero-order valence-corrected chi connectivity index (χ0v) is 15.7. The third-order valence-electron chi connectivity index (χ3n) is 4.35. The number of para-hydroxylation sites is 1. The van der Waals surface area contributed by atoms with Crippen LogP contribution in [-0.4, -0.2) is 12.4 Å². The summed E-state index contributed by atoms with van der Waals surface area (Å²) in [6.07, 6.45) is 6.18. The lowest BCUT2D eigenvalue weighted by atomic mass is 9.40. The smallest absolute Gasteiger partial charge is 0.209 e. The lowest BCUT2D eigenvalue weighted by Crippen LogP contribution is -2.29. The molecular weight excluding hydrogens is 301 g/mol. The van der Waals surface area contributed by atoms with E-state index in [1.54, 1.807) is 0 Å². The van der Waals surface area contributed by atoms with Crippen LogP contribution < -0.4 is 5.46 Å². The first-order valence-corrected chi connectivity index (χ1v) is 8.76. The molecule has 0 fully saturated rings. The van der Waals surface area contributed by atoms with E-state index in [9.17, 15) is 0 Å². The number of hydrogen-bond donors (Lipinski definition) is 0. The number of rotatable bonds is 6. The summed E-state index contributed by atoms with van der Waals surface area (Å²) in [4.78, 5) is 4.78. The second-order valence-corrected chi connectivity index (χ2v) is 6.13. The second-order valence-electron chi connectivity index (χ2n) is 6.13. The van der Waals surface area contributed by atoms with Gasteiger partial charge in [-0.15, -0.1) is 6.58 Å². The summed E-state index contributed by atoms with van der Waals surface area (Å²) in [6, 6.07) is 18.8. The van der Waals surface area contributed by atoms with E-state index in [-0.39, 0.29) is 6.71 Å². The molecule has 2 rings (SSSR count). The standard InChI is InChI=1S/C23H26BN/c1-6-13-18(3)25-23-17-12-11-16-22(23)24(5)19(4)21(7-2)20-14-9-8-10-15-20/h6-17H,4H2,1-3,5H3/b13-6-,21-7?,25-18?. The molecule has 0 radical (unpaired) electrons. The largest absolute Gasteiger partial charge is 0.254 e. The summed E-state index contributed by atoms with van der Waals surface area (Å²) in [5.41, 5.74) is 6.72. The summed E-state index contributed by atoms with van der Waals surface area (Å²) >= 11 is 0. The summed E-state index contributed by atoms with van der Waals surface area (Å²) in [7, 11) is 0. The van der Waals surface area contributed by atoms with Crippen molar-refractivity contribution in [1.29, 1.82) is 0 Å². The minimum absolute atomic E-state index is 0.185. The van der Waals surface area contributed by atoms with Crippen LogP contribution >= 0.6 is 0 Å². The van der Waals surface area contributed by atoms with E-state index in [2.05, 4.69) is 68.9 Å². The topological polar surface area (TPSA) is 12.4 Å². The Hall–Kier alpha value is -2.61. The van der Waals surface area contributed by atoms with Crippen LogP contribution in [-0.2, 0) is 0 Å². The molecule has 0 aliphatic heterocycles. The third kappa shape index (κ3) is 4.70. The van der Waals surface area contributed by atoms with Crippen LogP contribution in [0.25, 0.3) is 5.57 Å². The molecule has 2 aromatic carbocycles. The highest BCUT2D eigenvalue weighted by molar-refractivity contribution is 6.82. The van der Waals surface area contributed by atoms with E-state index < -0.39 is 0 Å². The van der Waals surface area contributed by atoms with E-state index in [0.717, 1.165) is 16.9 Å². The maximum atomic E-state index is 4.78. The van der Waals surface area contributed by atoms with Gasteiger partial charge < -0.3 is 0 Å². The highest BCUT2D eigenvalue weighted by Gasteiger charge is 2.20. The van der Waals surface area contributed by atoms with Gasteiger partial charge in [-0.05, 0) is 49.5 Å². The highest BCUT2D eigenvalue weighted by atomic mass is 14.7. The lowest BCUT2D eigenvalue weighted by Gasteiger charge is -2.18. The van der Waals surface area contributed by atoms with E-state index in [4.69, 9.17) is 4.99 Å². The molecule has 0 atom stereocenters. The van der Waals surface area contributed by atoms with Gasteiger partial charge in [-0.1, -0.05) is 73.0 Å². The molecular formula is C23H26BN. The Kier molecular flexibility index (Phi) is 6.76. The monoisotopic (exact) mass is 327 g/mol. The molecule has 2 aromatic rings. The molecule has 0 heterocycles. The van der Waals surface area contributed by atoms with Gasteiger partial charge in [-0.3, -0.25) is 4.99 Å². The van der Waals surface area contributed by atoms with E-state index in [1.807, 2.05) is 38.1 Å². The van der Waals surface area contributed by atoms with E-state index in [1.165, 1.54) is 16.6 Å². The van der Waals surface area contributed by atoms with Gasteiger partial charge in [-0.25, -0.2) is 0 Å². The number of benzene rings is 2. The zero-order chi connectivity index (χ0) is 18.2. The minimum atomic E-state index is 0.185. The Morgan fingerprint density at radius 2 is 1.64 bits per heavy atom. The van der Waals surface area contributed by atoms with E-state index in [0.29, 0.717) is 0 Å². The Balaban J connectivity index is 2.39. The first-order valence-electron chi connectivity index (χ1n) is 8.76. The Labute approximate surface area is 152 Å². The molecule has 0 aliphatic rings. The van der Waals surface area contributed by atoms with Crippen molar-refractivity contribution in [2.24, 2.45) is 4.99 Å². The average molecular weight is 327 g/mol. The van der Waals surface area contributed by atoms with Gasteiger partial charge in [0.1, 0.15) is 0 Å². The van der Waals surface area contributed by atoms with Crippen molar-refractivity contribution < 1.29 is 0 Å². The molecule has 0 spiro atoms. The Morgan fingerprint density at radius 1 is 1.00 bits per heavy atom. The normalized spacial score (nSPS) is 12.5. The predicted octanol–water partition coefficient (Wildman–Crippen LogP) is 5.89. The Bertz CT molecular complexity index is 813. The molecule has 126 valence electrons. The van der Waals surface area contributed by atoms with Crippen molar-refractivity contribution >= 4 is 29.1 Å². The Morgan fingerprint density at radius 3 is 2.28 bits per heavy atom. The fraction of sp³-hybridized carbons (Fsp3) is 0.174. The summed E-state index contributed by atoms with van der Waals surface area (Å²) in [5, 5.41) is 0. The molecule has 0 aromatic heterocycles. The van der Waals surface area contributed by atoms with Crippen LogP contribution in [0, 0.1) is 0 Å². The first kappa shape index (κ1) is 18.7. The van der Waals surface area contributed by atoms with Crippen LogP contribution in [0.2, 0.25) is 6.82 Å². The maximum Gasteiger partial charge on any atom is 0.209 e.